The Kier molecular flexibility index (Phi) is 2.99. The normalized spacial score (nSPS) is 19.1. The van der Waals surface area contributed by atoms with Gasteiger partial charge in [0.15, 0.2) is 0 Å². The topological polar surface area (TPSA) is 61.4 Å². The molecule has 2 rings (SSSR count). The number of rotatable bonds is 3. The number of anilines is 2. The van der Waals surface area contributed by atoms with Gasteiger partial charge >= 0.3 is 0 Å². The number of hydrogen-bond donors (Lipinski definition) is 2. The highest BCUT2D eigenvalue weighted by atomic mass is 16.2. The van der Waals surface area contributed by atoms with Crippen molar-refractivity contribution in [3.8, 4) is 0 Å². The summed E-state index contributed by atoms with van der Waals surface area (Å²) in [7, 11) is 3.86. The molecule has 1 saturated heterocycles. The molecule has 0 bridgehead atoms. The Morgan fingerprint density at radius 3 is 2.59 bits per heavy atom. The lowest BCUT2D eigenvalue weighted by Crippen LogP contribution is -2.30. The van der Waals surface area contributed by atoms with Crippen LogP contribution in [-0.2, 0) is 9.59 Å². The summed E-state index contributed by atoms with van der Waals surface area (Å²) in [5.41, 5.74) is 1.84. The Labute approximate surface area is 99.8 Å². The van der Waals surface area contributed by atoms with Gasteiger partial charge in [-0.15, -0.1) is 0 Å². The number of hydrogen-bond acceptors (Lipinski definition) is 4. The SMILES string of the molecule is CN(C)c1ccccc1NC1CC(=O)NC1=O. The van der Waals surface area contributed by atoms with Crippen LogP contribution in [0.2, 0.25) is 0 Å². The quantitative estimate of drug-likeness (QED) is 0.750. The molecule has 1 aromatic carbocycles. The molecule has 1 aliphatic heterocycles. The van der Waals surface area contributed by atoms with Gasteiger partial charge in [-0.2, -0.15) is 0 Å². The lowest BCUT2D eigenvalue weighted by molar-refractivity contribution is -0.124. The van der Waals surface area contributed by atoms with Crippen molar-refractivity contribution in [1.29, 1.82) is 0 Å². The van der Waals surface area contributed by atoms with Crippen molar-refractivity contribution in [3.63, 3.8) is 0 Å². The highest BCUT2D eigenvalue weighted by molar-refractivity contribution is 6.07. The Morgan fingerprint density at radius 2 is 2.00 bits per heavy atom. The molecule has 0 spiro atoms. The van der Waals surface area contributed by atoms with Crippen LogP contribution in [0.4, 0.5) is 11.4 Å². The number of para-hydroxylation sites is 2. The third kappa shape index (κ3) is 2.38. The molecule has 0 radical (unpaired) electrons. The van der Waals surface area contributed by atoms with Gasteiger partial charge in [0.25, 0.3) is 0 Å². The zero-order valence-corrected chi connectivity index (χ0v) is 9.86. The van der Waals surface area contributed by atoms with E-state index in [0.717, 1.165) is 11.4 Å². The first kappa shape index (κ1) is 11.4. The highest BCUT2D eigenvalue weighted by Crippen LogP contribution is 2.25. The second-order valence-corrected chi connectivity index (χ2v) is 4.23. The van der Waals surface area contributed by atoms with E-state index in [0.29, 0.717) is 0 Å². The summed E-state index contributed by atoms with van der Waals surface area (Å²) in [6.45, 7) is 0. The number of carbonyl (C=O) groups excluding carboxylic acids is 2. The van der Waals surface area contributed by atoms with Gasteiger partial charge in [0.2, 0.25) is 11.8 Å². The van der Waals surface area contributed by atoms with E-state index in [1.807, 2.05) is 43.3 Å². The van der Waals surface area contributed by atoms with Crippen molar-refractivity contribution in [2.45, 2.75) is 12.5 Å². The van der Waals surface area contributed by atoms with Crippen LogP contribution < -0.4 is 15.5 Å². The Bertz CT molecular complexity index is 457. The molecule has 2 N–H and O–H groups in total. The number of nitrogens with zero attached hydrogens (tertiary/aromatic N) is 1. The van der Waals surface area contributed by atoms with Gasteiger partial charge in [0, 0.05) is 14.1 Å². The Morgan fingerprint density at radius 1 is 1.29 bits per heavy atom. The lowest BCUT2D eigenvalue weighted by Gasteiger charge is -2.20. The second-order valence-electron chi connectivity index (χ2n) is 4.23. The number of benzene rings is 1. The molecule has 17 heavy (non-hydrogen) atoms. The van der Waals surface area contributed by atoms with Crippen LogP contribution in [-0.4, -0.2) is 32.0 Å². The molecule has 0 aromatic heterocycles. The van der Waals surface area contributed by atoms with Crippen LogP contribution >= 0.6 is 0 Å². The third-order valence-electron chi connectivity index (χ3n) is 2.68. The highest BCUT2D eigenvalue weighted by Gasteiger charge is 2.30. The van der Waals surface area contributed by atoms with Gasteiger partial charge in [-0.1, -0.05) is 12.1 Å². The van der Waals surface area contributed by atoms with E-state index >= 15 is 0 Å². The molecule has 1 unspecified atom stereocenters. The molecule has 1 fully saturated rings. The molecule has 1 aromatic rings. The summed E-state index contributed by atoms with van der Waals surface area (Å²) >= 11 is 0. The van der Waals surface area contributed by atoms with E-state index < -0.39 is 6.04 Å². The molecule has 5 heteroatoms. The van der Waals surface area contributed by atoms with E-state index in [1.54, 1.807) is 0 Å². The molecule has 90 valence electrons. The summed E-state index contributed by atoms with van der Waals surface area (Å²) in [6, 6.07) is 7.20. The Balaban J connectivity index is 2.19. The molecule has 1 atom stereocenters. The van der Waals surface area contributed by atoms with Gasteiger partial charge in [-0.3, -0.25) is 14.9 Å². The minimum Gasteiger partial charge on any atom is -0.376 e. The first-order chi connectivity index (χ1) is 8.08. The van der Waals surface area contributed by atoms with Gasteiger partial charge in [0.1, 0.15) is 6.04 Å². The van der Waals surface area contributed by atoms with E-state index in [4.69, 9.17) is 0 Å². The van der Waals surface area contributed by atoms with Crippen molar-refractivity contribution in [2.24, 2.45) is 0 Å². The van der Waals surface area contributed by atoms with Gasteiger partial charge in [-0.25, -0.2) is 0 Å². The van der Waals surface area contributed by atoms with Crippen LogP contribution in [0.5, 0.6) is 0 Å². The first-order valence-electron chi connectivity index (χ1n) is 5.44. The van der Waals surface area contributed by atoms with Crippen LogP contribution in [0, 0.1) is 0 Å². The second kappa shape index (κ2) is 4.45. The van der Waals surface area contributed by atoms with Crippen LogP contribution in [0.25, 0.3) is 0 Å². The zero-order chi connectivity index (χ0) is 12.4. The molecule has 0 aliphatic carbocycles. The molecular formula is C12H15N3O2. The van der Waals surface area contributed by atoms with Gasteiger partial charge < -0.3 is 10.2 Å². The summed E-state index contributed by atoms with van der Waals surface area (Å²) in [5.74, 6) is -0.488. The smallest absolute Gasteiger partial charge is 0.249 e. The predicted molar refractivity (Wildman–Crippen MR) is 65.9 cm³/mol. The average Bonchev–Trinajstić information content (AvgIpc) is 2.58. The fourth-order valence-corrected chi connectivity index (χ4v) is 1.84. The van der Waals surface area contributed by atoms with Gasteiger partial charge in [-0.05, 0) is 12.1 Å². The maximum atomic E-state index is 11.5. The van der Waals surface area contributed by atoms with E-state index in [2.05, 4.69) is 10.6 Å². The number of amides is 2. The number of imide groups is 1. The van der Waals surface area contributed by atoms with Crippen LogP contribution in [0.15, 0.2) is 24.3 Å². The molecule has 1 aliphatic rings. The van der Waals surface area contributed by atoms with Gasteiger partial charge in [0.05, 0.1) is 17.8 Å². The summed E-state index contributed by atoms with van der Waals surface area (Å²) in [4.78, 5) is 24.5. The third-order valence-corrected chi connectivity index (χ3v) is 2.68. The largest absolute Gasteiger partial charge is 0.376 e. The molecule has 2 amide bonds. The van der Waals surface area contributed by atoms with E-state index in [9.17, 15) is 9.59 Å². The average molecular weight is 233 g/mol. The first-order valence-corrected chi connectivity index (χ1v) is 5.44. The number of nitrogens with one attached hydrogen (secondary N) is 2. The Hall–Kier alpha value is -2.04. The summed E-state index contributed by atoms with van der Waals surface area (Å²) in [6.07, 6.45) is 0.195. The van der Waals surface area contributed by atoms with Crippen LogP contribution in [0.3, 0.4) is 0 Å². The summed E-state index contributed by atoms with van der Waals surface area (Å²) < 4.78 is 0. The minimum absolute atomic E-state index is 0.195. The standard InChI is InChI=1S/C12H15N3O2/c1-15(2)10-6-4-3-5-8(10)13-9-7-11(16)14-12(9)17/h3-6,9,13H,7H2,1-2H3,(H,14,16,17). The minimum atomic E-state index is -0.469. The zero-order valence-electron chi connectivity index (χ0n) is 9.86. The molecule has 1 heterocycles. The van der Waals surface area contributed by atoms with Crippen molar-refractivity contribution < 1.29 is 9.59 Å². The number of carbonyl (C=O) groups is 2. The van der Waals surface area contributed by atoms with Crippen molar-refractivity contribution in [3.05, 3.63) is 24.3 Å². The van der Waals surface area contributed by atoms with Crippen molar-refractivity contribution in [2.75, 3.05) is 24.3 Å². The van der Waals surface area contributed by atoms with Crippen molar-refractivity contribution >= 4 is 23.2 Å². The monoisotopic (exact) mass is 233 g/mol. The lowest BCUT2D eigenvalue weighted by atomic mass is 10.2. The summed E-state index contributed by atoms with van der Waals surface area (Å²) in [5, 5.41) is 5.38. The van der Waals surface area contributed by atoms with E-state index in [1.165, 1.54) is 0 Å². The fourth-order valence-electron chi connectivity index (χ4n) is 1.84. The molecule has 0 saturated carbocycles. The fraction of sp³-hybridized carbons (Fsp3) is 0.333. The van der Waals surface area contributed by atoms with Crippen LogP contribution in [0.1, 0.15) is 6.42 Å². The molecular weight excluding hydrogens is 218 g/mol. The maximum Gasteiger partial charge on any atom is 0.249 e. The molecule has 5 nitrogen and oxygen atoms in total. The van der Waals surface area contributed by atoms with Crippen molar-refractivity contribution in [1.82, 2.24) is 5.32 Å². The predicted octanol–water partition coefficient (Wildman–Crippen LogP) is 0.580. The maximum absolute atomic E-state index is 11.5. The van der Waals surface area contributed by atoms with E-state index in [-0.39, 0.29) is 18.2 Å².